The maximum Gasteiger partial charge on any atom is 0.326 e. The number of hydrogen-bond donors (Lipinski definition) is 3. The predicted octanol–water partition coefficient (Wildman–Crippen LogP) is 0.119. The van der Waals surface area contributed by atoms with Crippen LogP contribution >= 0.6 is 0 Å². The summed E-state index contributed by atoms with van der Waals surface area (Å²) < 4.78 is 0. The standard InChI is InChI=1S/C16H27N3O5/c1-10(18-14(21)13-6-4-5-7-13)15(22)19(11(2)16(23)24)9-8-17-12(3)20/h10-11,13H,4-9H2,1-3H3,(H,17,20)(H,18,21)(H,23,24). The molecular weight excluding hydrogens is 314 g/mol. The van der Waals surface area contributed by atoms with Gasteiger partial charge in [0, 0.05) is 25.9 Å². The summed E-state index contributed by atoms with van der Waals surface area (Å²) in [4.78, 5) is 48.0. The lowest BCUT2D eigenvalue weighted by Crippen LogP contribution is -2.54. The Labute approximate surface area is 142 Å². The highest BCUT2D eigenvalue weighted by Gasteiger charge is 2.31. The van der Waals surface area contributed by atoms with Gasteiger partial charge in [0.1, 0.15) is 12.1 Å². The summed E-state index contributed by atoms with van der Waals surface area (Å²) in [6.07, 6.45) is 3.67. The van der Waals surface area contributed by atoms with Crippen LogP contribution in [0.1, 0.15) is 46.5 Å². The molecule has 0 aliphatic heterocycles. The SMILES string of the molecule is CC(=O)NCCN(C(=O)C(C)NC(=O)C1CCCC1)C(C)C(=O)O. The van der Waals surface area contributed by atoms with E-state index in [1.54, 1.807) is 6.92 Å². The van der Waals surface area contributed by atoms with E-state index in [2.05, 4.69) is 10.6 Å². The fourth-order valence-corrected chi connectivity index (χ4v) is 2.81. The Morgan fingerprint density at radius 2 is 1.75 bits per heavy atom. The molecular formula is C16H27N3O5. The lowest BCUT2D eigenvalue weighted by molar-refractivity contribution is -0.150. The van der Waals surface area contributed by atoms with E-state index >= 15 is 0 Å². The van der Waals surface area contributed by atoms with Crippen molar-refractivity contribution in [1.29, 1.82) is 0 Å². The zero-order valence-corrected chi connectivity index (χ0v) is 14.5. The highest BCUT2D eigenvalue weighted by molar-refractivity contribution is 5.90. The quantitative estimate of drug-likeness (QED) is 0.580. The summed E-state index contributed by atoms with van der Waals surface area (Å²) in [5, 5.41) is 14.4. The van der Waals surface area contributed by atoms with Crippen LogP contribution in [0.5, 0.6) is 0 Å². The third kappa shape index (κ3) is 5.82. The number of rotatable bonds is 8. The van der Waals surface area contributed by atoms with Gasteiger partial charge in [0.05, 0.1) is 0 Å². The number of amides is 3. The van der Waals surface area contributed by atoms with E-state index in [-0.39, 0.29) is 30.8 Å². The fraction of sp³-hybridized carbons (Fsp3) is 0.750. The third-order valence-corrected chi connectivity index (χ3v) is 4.29. The monoisotopic (exact) mass is 341 g/mol. The molecule has 0 spiro atoms. The summed E-state index contributed by atoms with van der Waals surface area (Å²) >= 11 is 0. The first-order chi connectivity index (χ1) is 11.2. The van der Waals surface area contributed by atoms with Crippen molar-refractivity contribution in [3.05, 3.63) is 0 Å². The van der Waals surface area contributed by atoms with Gasteiger partial charge in [-0.1, -0.05) is 12.8 Å². The molecule has 0 radical (unpaired) electrons. The second-order valence-corrected chi connectivity index (χ2v) is 6.24. The molecule has 0 saturated heterocycles. The van der Waals surface area contributed by atoms with Crippen LogP contribution in [0.3, 0.4) is 0 Å². The van der Waals surface area contributed by atoms with Gasteiger partial charge in [0.2, 0.25) is 17.7 Å². The number of nitrogens with one attached hydrogen (secondary N) is 2. The van der Waals surface area contributed by atoms with E-state index < -0.39 is 24.0 Å². The summed E-state index contributed by atoms with van der Waals surface area (Å²) in [5.74, 6) is -2.09. The molecule has 1 fully saturated rings. The van der Waals surface area contributed by atoms with Crippen LogP contribution in [0.4, 0.5) is 0 Å². The first kappa shape index (κ1) is 19.9. The van der Waals surface area contributed by atoms with E-state index in [9.17, 15) is 24.3 Å². The number of carboxylic acid groups (broad SMARTS) is 1. The van der Waals surface area contributed by atoms with Gasteiger partial charge >= 0.3 is 5.97 Å². The Balaban J connectivity index is 2.67. The summed E-state index contributed by atoms with van der Waals surface area (Å²) in [6, 6.07) is -1.85. The second-order valence-electron chi connectivity index (χ2n) is 6.24. The molecule has 0 aromatic heterocycles. The molecule has 0 bridgehead atoms. The van der Waals surface area contributed by atoms with Crippen LogP contribution in [0, 0.1) is 5.92 Å². The molecule has 0 aromatic carbocycles. The predicted molar refractivity (Wildman–Crippen MR) is 87.1 cm³/mol. The lowest BCUT2D eigenvalue weighted by Gasteiger charge is -2.29. The maximum absolute atomic E-state index is 12.6. The first-order valence-corrected chi connectivity index (χ1v) is 8.32. The van der Waals surface area contributed by atoms with Gasteiger partial charge in [0.25, 0.3) is 0 Å². The molecule has 8 nitrogen and oxygen atoms in total. The van der Waals surface area contributed by atoms with Crippen molar-refractivity contribution in [3.63, 3.8) is 0 Å². The molecule has 3 amide bonds. The molecule has 1 saturated carbocycles. The van der Waals surface area contributed by atoms with Crippen molar-refractivity contribution >= 4 is 23.7 Å². The second kappa shape index (κ2) is 9.24. The van der Waals surface area contributed by atoms with Crippen LogP contribution in [-0.2, 0) is 19.2 Å². The van der Waals surface area contributed by atoms with Crippen LogP contribution in [0.15, 0.2) is 0 Å². The zero-order valence-electron chi connectivity index (χ0n) is 14.5. The van der Waals surface area contributed by atoms with Gasteiger partial charge in [0.15, 0.2) is 0 Å². The molecule has 24 heavy (non-hydrogen) atoms. The Bertz CT molecular complexity index is 488. The number of nitrogens with zero attached hydrogens (tertiary/aromatic N) is 1. The van der Waals surface area contributed by atoms with E-state index in [0.717, 1.165) is 30.6 Å². The van der Waals surface area contributed by atoms with Crippen LogP contribution in [-0.4, -0.2) is 58.9 Å². The van der Waals surface area contributed by atoms with Gasteiger partial charge in [-0.15, -0.1) is 0 Å². The largest absolute Gasteiger partial charge is 0.480 e. The first-order valence-electron chi connectivity index (χ1n) is 8.32. The zero-order chi connectivity index (χ0) is 18.3. The molecule has 8 heteroatoms. The minimum Gasteiger partial charge on any atom is -0.480 e. The van der Waals surface area contributed by atoms with Crippen LogP contribution in [0.25, 0.3) is 0 Å². The molecule has 0 aromatic rings. The van der Waals surface area contributed by atoms with Crippen molar-refractivity contribution in [2.75, 3.05) is 13.1 Å². The van der Waals surface area contributed by atoms with Gasteiger partial charge in [-0.3, -0.25) is 14.4 Å². The topological polar surface area (TPSA) is 116 Å². The molecule has 0 heterocycles. The number of aliphatic carboxylic acids is 1. The van der Waals surface area contributed by atoms with Crippen molar-refractivity contribution < 1.29 is 24.3 Å². The molecule has 2 atom stereocenters. The van der Waals surface area contributed by atoms with Crippen molar-refractivity contribution in [3.8, 4) is 0 Å². The van der Waals surface area contributed by atoms with E-state index in [1.807, 2.05) is 0 Å². The maximum atomic E-state index is 12.6. The van der Waals surface area contributed by atoms with Crippen molar-refractivity contribution in [2.45, 2.75) is 58.5 Å². The summed E-state index contributed by atoms with van der Waals surface area (Å²) in [5.41, 5.74) is 0. The fourth-order valence-electron chi connectivity index (χ4n) is 2.81. The Morgan fingerprint density at radius 3 is 2.25 bits per heavy atom. The Morgan fingerprint density at radius 1 is 1.17 bits per heavy atom. The minimum absolute atomic E-state index is 0.0648. The third-order valence-electron chi connectivity index (χ3n) is 4.29. The Kier molecular flexibility index (Phi) is 7.67. The minimum atomic E-state index is -1.14. The van der Waals surface area contributed by atoms with Crippen LogP contribution < -0.4 is 10.6 Å². The van der Waals surface area contributed by atoms with Gasteiger partial charge < -0.3 is 20.6 Å². The van der Waals surface area contributed by atoms with E-state index in [1.165, 1.54) is 13.8 Å². The molecule has 1 aliphatic carbocycles. The molecule has 2 unspecified atom stereocenters. The molecule has 1 rings (SSSR count). The number of carboxylic acids is 1. The van der Waals surface area contributed by atoms with Crippen molar-refractivity contribution in [1.82, 2.24) is 15.5 Å². The smallest absolute Gasteiger partial charge is 0.326 e. The Hall–Kier alpha value is -2.12. The molecule has 136 valence electrons. The lowest BCUT2D eigenvalue weighted by atomic mass is 10.1. The van der Waals surface area contributed by atoms with Gasteiger partial charge in [-0.05, 0) is 26.7 Å². The number of carbonyl (C=O) groups is 4. The van der Waals surface area contributed by atoms with E-state index in [4.69, 9.17) is 0 Å². The number of hydrogen-bond acceptors (Lipinski definition) is 4. The van der Waals surface area contributed by atoms with Gasteiger partial charge in [-0.25, -0.2) is 4.79 Å². The highest BCUT2D eigenvalue weighted by Crippen LogP contribution is 2.24. The van der Waals surface area contributed by atoms with Crippen LogP contribution in [0.2, 0.25) is 0 Å². The normalized spacial score (nSPS) is 17.0. The van der Waals surface area contributed by atoms with Crippen molar-refractivity contribution in [2.24, 2.45) is 5.92 Å². The molecule has 3 N–H and O–H groups in total. The summed E-state index contributed by atoms with van der Waals surface area (Å²) in [7, 11) is 0. The highest BCUT2D eigenvalue weighted by atomic mass is 16.4. The summed E-state index contributed by atoms with van der Waals surface area (Å²) in [6.45, 7) is 4.52. The van der Waals surface area contributed by atoms with Gasteiger partial charge in [-0.2, -0.15) is 0 Å². The molecule has 1 aliphatic rings. The number of carbonyl (C=O) groups excluding carboxylic acids is 3. The average Bonchev–Trinajstić information content (AvgIpc) is 3.04. The van der Waals surface area contributed by atoms with E-state index in [0.29, 0.717) is 0 Å². The average molecular weight is 341 g/mol.